The van der Waals surface area contributed by atoms with Gasteiger partial charge in [-0.05, 0) is 43.0 Å². The first-order valence-corrected chi connectivity index (χ1v) is 8.12. The maximum absolute atomic E-state index is 12.6. The lowest BCUT2D eigenvalue weighted by atomic mass is 10.1. The monoisotopic (exact) mass is 343 g/mol. The van der Waals surface area contributed by atoms with Gasteiger partial charge in [0.2, 0.25) is 5.91 Å². The van der Waals surface area contributed by atoms with E-state index in [2.05, 4.69) is 0 Å². The van der Waals surface area contributed by atoms with Gasteiger partial charge in [-0.25, -0.2) is 4.79 Å². The molecule has 0 bridgehead atoms. The quantitative estimate of drug-likeness (QED) is 0.872. The van der Waals surface area contributed by atoms with Crippen LogP contribution in [0.1, 0.15) is 39.8 Å². The van der Waals surface area contributed by atoms with E-state index in [4.69, 9.17) is 14.3 Å². The second-order valence-corrected chi connectivity index (χ2v) is 6.41. The van der Waals surface area contributed by atoms with Gasteiger partial charge in [-0.3, -0.25) is 4.79 Å². The summed E-state index contributed by atoms with van der Waals surface area (Å²) in [7, 11) is 3.33. The van der Waals surface area contributed by atoms with Crippen molar-refractivity contribution in [1.29, 1.82) is 0 Å². The lowest BCUT2D eigenvalue weighted by molar-refractivity contribution is -0.132. The summed E-state index contributed by atoms with van der Waals surface area (Å²) >= 11 is 0. The molecule has 1 aromatic heterocycles. The van der Waals surface area contributed by atoms with Crippen LogP contribution in [0.2, 0.25) is 0 Å². The molecule has 6 nitrogen and oxygen atoms in total. The number of benzene rings is 1. The summed E-state index contributed by atoms with van der Waals surface area (Å²) in [6, 6.07) is 9.27. The molecular formula is C19H21NO5. The third-order valence-corrected chi connectivity index (χ3v) is 4.60. The van der Waals surface area contributed by atoms with E-state index in [0.29, 0.717) is 11.5 Å². The molecule has 1 aromatic carbocycles. The van der Waals surface area contributed by atoms with E-state index in [1.807, 2.05) is 24.3 Å². The first kappa shape index (κ1) is 17.1. The van der Waals surface area contributed by atoms with Crippen molar-refractivity contribution in [3.63, 3.8) is 0 Å². The van der Waals surface area contributed by atoms with Crippen LogP contribution < -0.4 is 4.74 Å². The molecule has 6 heteroatoms. The van der Waals surface area contributed by atoms with Crippen molar-refractivity contribution in [2.75, 3.05) is 14.2 Å². The fraction of sp³-hybridized carbons (Fsp3) is 0.368. The van der Waals surface area contributed by atoms with Crippen LogP contribution in [-0.4, -0.2) is 36.0 Å². The fourth-order valence-corrected chi connectivity index (χ4v) is 3.14. The van der Waals surface area contributed by atoms with Crippen LogP contribution in [0.25, 0.3) is 0 Å². The van der Waals surface area contributed by atoms with E-state index in [0.717, 1.165) is 17.7 Å². The highest BCUT2D eigenvalue weighted by Crippen LogP contribution is 2.49. The third-order valence-electron chi connectivity index (χ3n) is 4.60. The van der Waals surface area contributed by atoms with Gasteiger partial charge in [0.15, 0.2) is 0 Å². The summed E-state index contributed by atoms with van der Waals surface area (Å²) in [6.45, 7) is 1.86. The van der Waals surface area contributed by atoms with Gasteiger partial charge in [0, 0.05) is 13.0 Å². The predicted octanol–water partition coefficient (Wildman–Crippen LogP) is 3.06. The van der Waals surface area contributed by atoms with Crippen molar-refractivity contribution < 1.29 is 23.8 Å². The Hall–Kier alpha value is -2.76. The van der Waals surface area contributed by atoms with Crippen molar-refractivity contribution in [3.8, 4) is 5.75 Å². The molecule has 3 rings (SSSR count). The summed E-state index contributed by atoms with van der Waals surface area (Å²) in [6.07, 6.45) is 0.813. The van der Waals surface area contributed by atoms with Crippen molar-refractivity contribution in [3.05, 3.63) is 53.0 Å². The Morgan fingerprint density at radius 2 is 2.12 bits per heavy atom. The number of aromatic carboxylic acids is 1. The first-order valence-electron chi connectivity index (χ1n) is 8.12. The van der Waals surface area contributed by atoms with Crippen molar-refractivity contribution >= 4 is 11.9 Å². The Morgan fingerprint density at radius 3 is 2.76 bits per heavy atom. The molecule has 0 spiro atoms. The Kier molecular flexibility index (Phi) is 4.53. The molecule has 1 amide bonds. The van der Waals surface area contributed by atoms with Gasteiger partial charge >= 0.3 is 5.97 Å². The minimum atomic E-state index is -1.03. The summed E-state index contributed by atoms with van der Waals surface area (Å²) < 4.78 is 10.7. The van der Waals surface area contributed by atoms with E-state index in [1.54, 1.807) is 26.0 Å². The molecule has 1 saturated carbocycles. The number of methoxy groups -OCH3 is 1. The molecule has 0 unspecified atom stereocenters. The molecular weight excluding hydrogens is 322 g/mol. The smallest absolute Gasteiger partial charge is 0.339 e. The van der Waals surface area contributed by atoms with Crippen LogP contribution in [-0.2, 0) is 11.3 Å². The largest absolute Gasteiger partial charge is 0.497 e. The molecule has 25 heavy (non-hydrogen) atoms. The predicted molar refractivity (Wildman–Crippen MR) is 90.7 cm³/mol. The van der Waals surface area contributed by atoms with Gasteiger partial charge in [0.25, 0.3) is 0 Å². The van der Waals surface area contributed by atoms with Gasteiger partial charge in [-0.1, -0.05) is 12.1 Å². The maximum Gasteiger partial charge on any atom is 0.339 e. The molecule has 0 saturated heterocycles. The lowest BCUT2D eigenvalue weighted by Crippen LogP contribution is -2.27. The molecule has 1 fully saturated rings. The number of hydrogen-bond acceptors (Lipinski definition) is 4. The molecule has 2 atom stereocenters. The lowest BCUT2D eigenvalue weighted by Gasteiger charge is -2.16. The van der Waals surface area contributed by atoms with Crippen LogP contribution in [0.4, 0.5) is 0 Å². The molecule has 132 valence electrons. The highest BCUT2D eigenvalue weighted by molar-refractivity contribution is 5.89. The van der Waals surface area contributed by atoms with Gasteiger partial charge in [-0.15, -0.1) is 0 Å². The number of hydrogen-bond donors (Lipinski definition) is 1. The molecule has 0 radical (unpaired) electrons. The fourth-order valence-electron chi connectivity index (χ4n) is 3.14. The van der Waals surface area contributed by atoms with Crippen molar-refractivity contribution in [2.24, 2.45) is 5.92 Å². The van der Waals surface area contributed by atoms with Crippen molar-refractivity contribution in [2.45, 2.75) is 25.8 Å². The number of amides is 1. The number of carbonyl (C=O) groups is 2. The van der Waals surface area contributed by atoms with Crippen molar-refractivity contribution in [1.82, 2.24) is 4.90 Å². The van der Waals surface area contributed by atoms with E-state index in [-0.39, 0.29) is 29.9 Å². The Bertz CT molecular complexity index is 810. The minimum absolute atomic E-state index is 0.0405. The van der Waals surface area contributed by atoms with Crippen LogP contribution in [0, 0.1) is 12.8 Å². The average Bonchev–Trinajstić information content (AvgIpc) is 3.31. The second kappa shape index (κ2) is 6.63. The number of nitrogens with zero attached hydrogens (tertiary/aromatic N) is 1. The van der Waals surface area contributed by atoms with E-state index in [9.17, 15) is 9.59 Å². The molecule has 1 aliphatic rings. The average molecular weight is 343 g/mol. The van der Waals surface area contributed by atoms with Crippen LogP contribution >= 0.6 is 0 Å². The second-order valence-electron chi connectivity index (χ2n) is 6.41. The summed E-state index contributed by atoms with van der Waals surface area (Å²) in [5.74, 6) is 0.787. The number of furan rings is 1. The zero-order chi connectivity index (χ0) is 18.1. The number of carboxylic acids is 1. The van der Waals surface area contributed by atoms with Crippen LogP contribution in [0.15, 0.2) is 34.7 Å². The SMILES string of the molecule is COc1cccc([C@@H]2C[C@H]2C(=O)N(C)Cc2cc(C(=O)O)c(C)o2)c1. The third kappa shape index (κ3) is 3.52. The van der Waals surface area contributed by atoms with Crippen LogP contribution in [0.3, 0.4) is 0 Å². The molecule has 0 aliphatic heterocycles. The van der Waals surface area contributed by atoms with Gasteiger partial charge in [-0.2, -0.15) is 0 Å². The highest BCUT2D eigenvalue weighted by atomic mass is 16.5. The van der Waals surface area contributed by atoms with E-state index < -0.39 is 5.97 Å². The topological polar surface area (TPSA) is 80.0 Å². The summed E-state index contributed by atoms with van der Waals surface area (Å²) in [5, 5.41) is 9.07. The number of rotatable bonds is 6. The number of carbonyl (C=O) groups excluding carboxylic acids is 1. The van der Waals surface area contributed by atoms with E-state index >= 15 is 0 Å². The zero-order valence-corrected chi connectivity index (χ0v) is 14.5. The van der Waals surface area contributed by atoms with Gasteiger partial charge < -0.3 is 19.2 Å². The molecule has 1 N–H and O–H groups in total. The van der Waals surface area contributed by atoms with Gasteiger partial charge in [0.05, 0.1) is 13.7 Å². The number of ether oxygens (including phenoxy) is 1. The normalized spacial score (nSPS) is 18.7. The highest BCUT2D eigenvalue weighted by Gasteiger charge is 2.45. The minimum Gasteiger partial charge on any atom is -0.497 e. The number of aryl methyl sites for hydroxylation is 1. The Morgan fingerprint density at radius 1 is 1.36 bits per heavy atom. The molecule has 1 heterocycles. The molecule has 2 aromatic rings. The Labute approximate surface area is 146 Å². The standard InChI is InChI=1S/C19H21NO5/c1-11-15(19(22)23)8-14(25-11)10-20(2)18(21)17-9-16(17)12-5-4-6-13(7-12)24-3/h4-8,16-17H,9-10H2,1-3H3,(H,22,23)/t16-,17+/m0/s1. The maximum atomic E-state index is 12.6. The number of carboxylic acid groups (broad SMARTS) is 1. The Balaban J connectivity index is 1.64. The first-order chi connectivity index (χ1) is 11.9. The van der Waals surface area contributed by atoms with Crippen LogP contribution in [0.5, 0.6) is 5.75 Å². The van der Waals surface area contributed by atoms with Gasteiger partial charge in [0.1, 0.15) is 22.8 Å². The van der Waals surface area contributed by atoms with E-state index in [1.165, 1.54) is 6.07 Å². The summed E-state index contributed by atoms with van der Waals surface area (Å²) in [5.41, 5.74) is 1.24. The molecule has 1 aliphatic carbocycles. The summed E-state index contributed by atoms with van der Waals surface area (Å²) in [4.78, 5) is 25.3. The zero-order valence-electron chi connectivity index (χ0n) is 14.5.